The van der Waals surface area contributed by atoms with Crippen LogP contribution in [0.3, 0.4) is 0 Å². The van der Waals surface area contributed by atoms with Gasteiger partial charge < -0.3 is 15.0 Å². The van der Waals surface area contributed by atoms with Gasteiger partial charge in [-0.25, -0.2) is 14.8 Å². The van der Waals surface area contributed by atoms with E-state index in [1.54, 1.807) is 29.7 Å². The van der Waals surface area contributed by atoms with Crippen molar-refractivity contribution in [3.8, 4) is 0 Å². The number of aromatic amines is 1. The van der Waals surface area contributed by atoms with Gasteiger partial charge in [-0.15, -0.1) is 0 Å². The summed E-state index contributed by atoms with van der Waals surface area (Å²) in [5.41, 5.74) is 2.52. The van der Waals surface area contributed by atoms with Crippen LogP contribution in [-0.4, -0.2) is 47.8 Å². The van der Waals surface area contributed by atoms with Crippen molar-refractivity contribution in [2.45, 2.75) is 19.4 Å². The smallest absolute Gasteiger partial charge is 0.332 e. The van der Waals surface area contributed by atoms with Crippen molar-refractivity contribution < 1.29 is 14.7 Å². The van der Waals surface area contributed by atoms with Gasteiger partial charge in [-0.1, -0.05) is 11.6 Å². The maximum atomic E-state index is 13.2. The van der Waals surface area contributed by atoms with E-state index in [4.69, 9.17) is 11.6 Å². The molecule has 2 N–H and O–H groups in total. The highest BCUT2D eigenvalue weighted by molar-refractivity contribution is 6.30. The number of halogens is 1. The number of carbonyl (C=O) groups excluding carboxylic acids is 1. The zero-order valence-electron chi connectivity index (χ0n) is 13.2. The van der Waals surface area contributed by atoms with Gasteiger partial charge in [-0.05, 0) is 19.1 Å². The van der Waals surface area contributed by atoms with Crippen molar-refractivity contribution in [3.05, 3.63) is 52.5 Å². The van der Waals surface area contributed by atoms with E-state index in [-0.39, 0.29) is 6.54 Å². The van der Waals surface area contributed by atoms with E-state index in [2.05, 4.69) is 15.0 Å². The third-order valence-electron chi connectivity index (χ3n) is 4.38. The molecule has 0 spiro atoms. The fourth-order valence-corrected chi connectivity index (χ4v) is 3.44. The van der Waals surface area contributed by atoms with Gasteiger partial charge in [0.2, 0.25) is 0 Å². The fourth-order valence-electron chi connectivity index (χ4n) is 3.28. The third kappa shape index (κ3) is 2.37. The first-order valence-electron chi connectivity index (χ1n) is 7.67. The summed E-state index contributed by atoms with van der Waals surface area (Å²) in [6.07, 6.45) is 3.57. The van der Waals surface area contributed by atoms with Gasteiger partial charge in [0, 0.05) is 24.9 Å². The monoisotopic (exact) mass is 359 g/mol. The summed E-state index contributed by atoms with van der Waals surface area (Å²) in [7, 11) is 0. The number of aliphatic carboxylic acids is 1. The zero-order chi connectivity index (χ0) is 17.7. The van der Waals surface area contributed by atoms with Crippen LogP contribution in [0.25, 0.3) is 5.65 Å². The summed E-state index contributed by atoms with van der Waals surface area (Å²) in [5, 5.41) is 10.1. The van der Waals surface area contributed by atoms with E-state index in [0.717, 1.165) is 5.69 Å². The molecule has 1 unspecified atom stereocenters. The molecule has 0 saturated heterocycles. The topological polar surface area (TPSA) is 104 Å². The Morgan fingerprint density at radius 3 is 2.96 bits per heavy atom. The molecular formula is C16H14ClN5O3. The van der Waals surface area contributed by atoms with Crippen LogP contribution in [0.5, 0.6) is 0 Å². The Balaban J connectivity index is 1.82. The number of hydrogen-bond acceptors (Lipinski definition) is 4. The predicted molar refractivity (Wildman–Crippen MR) is 88.6 cm³/mol. The Morgan fingerprint density at radius 1 is 1.40 bits per heavy atom. The van der Waals surface area contributed by atoms with Crippen LogP contribution < -0.4 is 0 Å². The Morgan fingerprint density at radius 2 is 2.20 bits per heavy atom. The number of rotatable bonds is 2. The quantitative estimate of drug-likeness (QED) is 0.726. The first kappa shape index (κ1) is 15.6. The number of nitrogens with one attached hydrogen (secondary N) is 1. The molecule has 8 nitrogen and oxygen atoms in total. The summed E-state index contributed by atoms with van der Waals surface area (Å²) in [6.45, 7) is 1.99. The molecule has 0 aliphatic carbocycles. The van der Waals surface area contributed by atoms with E-state index in [1.807, 2.05) is 0 Å². The molecule has 3 aromatic heterocycles. The Labute approximate surface area is 147 Å². The normalized spacial score (nSPS) is 16.9. The van der Waals surface area contributed by atoms with Crippen molar-refractivity contribution >= 4 is 29.1 Å². The second-order valence-electron chi connectivity index (χ2n) is 5.88. The molecule has 128 valence electrons. The molecule has 1 atom stereocenters. The lowest BCUT2D eigenvalue weighted by Gasteiger charge is -2.32. The van der Waals surface area contributed by atoms with Crippen molar-refractivity contribution in [1.29, 1.82) is 0 Å². The fraction of sp³-hybridized carbons (Fsp3) is 0.250. The van der Waals surface area contributed by atoms with Gasteiger partial charge in [-0.2, -0.15) is 0 Å². The van der Waals surface area contributed by atoms with Crippen LogP contribution >= 0.6 is 11.6 Å². The van der Waals surface area contributed by atoms with Crippen molar-refractivity contribution in [2.75, 3.05) is 6.54 Å². The number of carboxylic acid groups (broad SMARTS) is 1. The number of hydrogen-bond donors (Lipinski definition) is 2. The Bertz CT molecular complexity index is 1010. The molecule has 1 aliphatic rings. The summed E-state index contributed by atoms with van der Waals surface area (Å²) < 4.78 is 1.60. The lowest BCUT2D eigenvalue weighted by atomic mass is 10.0. The lowest BCUT2D eigenvalue weighted by molar-refractivity contribution is -0.143. The highest BCUT2D eigenvalue weighted by Crippen LogP contribution is 2.30. The maximum Gasteiger partial charge on any atom is 0.332 e. The van der Waals surface area contributed by atoms with Gasteiger partial charge in [-0.3, -0.25) is 9.20 Å². The predicted octanol–water partition coefficient (Wildman–Crippen LogP) is 1.84. The van der Waals surface area contributed by atoms with Crippen molar-refractivity contribution in [1.82, 2.24) is 24.3 Å². The average molecular weight is 360 g/mol. The number of imidazole rings is 2. The molecule has 0 fully saturated rings. The second kappa shape index (κ2) is 5.59. The summed E-state index contributed by atoms with van der Waals surface area (Å²) in [5.74, 6) is -1.53. The van der Waals surface area contributed by atoms with Crippen LogP contribution in [0, 0.1) is 6.92 Å². The summed E-state index contributed by atoms with van der Waals surface area (Å²) in [4.78, 5) is 37.7. The first-order valence-corrected chi connectivity index (χ1v) is 8.05. The minimum absolute atomic E-state index is 0.276. The number of aryl methyl sites for hydroxylation is 1. The van der Waals surface area contributed by atoms with Crippen molar-refractivity contribution in [3.63, 3.8) is 0 Å². The largest absolute Gasteiger partial charge is 0.479 e. The molecule has 0 bridgehead atoms. The van der Waals surface area contributed by atoms with Crippen molar-refractivity contribution in [2.24, 2.45) is 0 Å². The standard InChI is InChI=1S/C16H14ClN5O3/c1-8-13(22-6-9(17)2-3-11(22)20-8)15(23)21-5-4-10-12(19-7-18-10)14(21)16(24)25/h2-3,6-7,14H,4-5H2,1H3,(H,18,19)(H,24,25). The number of aromatic nitrogens is 4. The van der Waals surface area contributed by atoms with Gasteiger partial charge in [0.15, 0.2) is 6.04 Å². The first-order chi connectivity index (χ1) is 12.0. The molecule has 25 heavy (non-hydrogen) atoms. The van der Waals surface area contributed by atoms with Crippen LogP contribution in [-0.2, 0) is 11.2 Å². The highest BCUT2D eigenvalue weighted by Gasteiger charge is 2.39. The molecule has 1 amide bonds. The number of H-pyrrole nitrogens is 1. The summed E-state index contributed by atoms with van der Waals surface area (Å²) >= 11 is 6.04. The Kier molecular flexibility index (Phi) is 3.50. The minimum Gasteiger partial charge on any atom is -0.479 e. The van der Waals surface area contributed by atoms with Gasteiger partial charge in [0.1, 0.15) is 11.3 Å². The van der Waals surface area contributed by atoms with Crippen LogP contribution in [0.4, 0.5) is 0 Å². The molecular weight excluding hydrogens is 346 g/mol. The van der Waals surface area contributed by atoms with E-state index in [9.17, 15) is 14.7 Å². The minimum atomic E-state index is -1.13. The number of fused-ring (bicyclic) bond motifs is 2. The van der Waals surface area contributed by atoms with Gasteiger partial charge in [0.25, 0.3) is 5.91 Å². The molecule has 9 heteroatoms. The third-order valence-corrected chi connectivity index (χ3v) is 4.60. The highest BCUT2D eigenvalue weighted by atomic mass is 35.5. The van der Waals surface area contributed by atoms with Gasteiger partial charge >= 0.3 is 5.97 Å². The molecule has 3 aromatic rings. The van der Waals surface area contributed by atoms with Crippen LogP contribution in [0.1, 0.15) is 33.6 Å². The Hall–Kier alpha value is -2.87. The van der Waals surface area contributed by atoms with Gasteiger partial charge in [0.05, 0.1) is 22.7 Å². The molecule has 0 saturated carbocycles. The average Bonchev–Trinajstić information content (AvgIpc) is 3.16. The molecule has 1 aliphatic heterocycles. The number of amides is 1. The van der Waals surface area contributed by atoms with E-state index in [0.29, 0.717) is 34.2 Å². The number of carbonyl (C=O) groups is 2. The number of nitrogens with zero attached hydrogens (tertiary/aromatic N) is 4. The number of carboxylic acids is 1. The van der Waals surface area contributed by atoms with Crippen LogP contribution in [0.15, 0.2) is 24.7 Å². The van der Waals surface area contributed by atoms with E-state index >= 15 is 0 Å². The SMILES string of the molecule is Cc1nc2ccc(Cl)cn2c1C(=O)N1CCc2[nH]cnc2C1C(=O)O. The van der Waals surface area contributed by atoms with E-state index in [1.165, 1.54) is 11.2 Å². The molecule has 4 heterocycles. The lowest BCUT2D eigenvalue weighted by Crippen LogP contribution is -2.44. The summed E-state index contributed by atoms with van der Waals surface area (Å²) in [6, 6.07) is 2.27. The number of pyridine rings is 1. The molecule has 4 rings (SSSR count). The van der Waals surface area contributed by atoms with E-state index < -0.39 is 17.9 Å². The molecule has 0 radical (unpaired) electrons. The van der Waals surface area contributed by atoms with Crippen LogP contribution in [0.2, 0.25) is 5.02 Å². The molecule has 0 aromatic carbocycles. The zero-order valence-corrected chi connectivity index (χ0v) is 14.0. The second-order valence-corrected chi connectivity index (χ2v) is 6.31. The maximum absolute atomic E-state index is 13.2.